The number of hydrogen-bond donors (Lipinski definition) is 1. The van der Waals surface area contributed by atoms with Crippen LogP contribution in [0.1, 0.15) is 67.0 Å². The lowest BCUT2D eigenvalue weighted by Gasteiger charge is -2.24. The van der Waals surface area contributed by atoms with E-state index >= 15 is 0 Å². The third-order valence-electron chi connectivity index (χ3n) is 4.57. The molecule has 0 aliphatic carbocycles. The Hall–Kier alpha value is -2.74. The van der Waals surface area contributed by atoms with Gasteiger partial charge in [0.2, 0.25) is 5.91 Å². The van der Waals surface area contributed by atoms with Gasteiger partial charge >= 0.3 is 11.9 Å². The first-order chi connectivity index (χ1) is 13.6. The normalized spacial score (nSPS) is 16.9. The molecular formula is C21H24N2O5S. The summed E-state index contributed by atoms with van der Waals surface area (Å²) in [4.78, 5) is 42.1. The first-order valence-electron chi connectivity index (χ1n) is 9.43. The monoisotopic (exact) mass is 416 g/mol. The van der Waals surface area contributed by atoms with Crippen molar-refractivity contribution in [1.29, 1.82) is 0 Å². The number of carboxylic acids is 1. The lowest BCUT2D eigenvalue weighted by atomic mass is 9.91. The van der Waals surface area contributed by atoms with Gasteiger partial charge in [0.05, 0.1) is 13.0 Å². The topological polar surface area (TPSA) is 96.8 Å². The van der Waals surface area contributed by atoms with Gasteiger partial charge in [-0.25, -0.2) is 9.78 Å². The molecule has 0 saturated heterocycles. The number of fused-ring (bicyclic) bond motifs is 1. The number of hydrogen-bond acceptors (Lipinski definition) is 6. The summed E-state index contributed by atoms with van der Waals surface area (Å²) in [6.45, 7) is 5.69. The number of amides is 1. The number of benzene rings is 1. The fraction of sp³-hybridized carbons (Fsp3) is 0.429. The number of carbonyl (C=O) groups is 3. The zero-order valence-electron chi connectivity index (χ0n) is 16.7. The number of aromatic carboxylic acids is 1. The highest BCUT2D eigenvalue weighted by atomic mass is 32.1. The fourth-order valence-electron chi connectivity index (χ4n) is 3.39. The number of para-hydroxylation sites is 1. The lowest BCUT2D eigenvalue weighted by molar-refractivity contribution is -0.155. The zero-order chi connectivity index (χ0) is 21.2. The van der Waals surface area contributed by atoms with Crippen LogP contribution in [0, 0.1) is 0 Å². The summed E-state index contributed by atoms with van der Waals surface area (Å²) in [6.07, 6.45) is 1.04. The van der Waals surface area contributed by atoms with Crippen molar-refractivity contribution >= 4 is 34.9 Å². The molecule has 1 unspecified atom stereocenters. The maximum absolute atomic E-state index is 12.9. The Bertz CT molecular complexity index is 931. The Labute approximate surface area is 173 Å². The molecule has 2 aromatic rings. The molecule has 1 aliphatic heterocycles. The minimum atomic E-state index is -1.09. The second-order valence-corrected chi connectivity index (χ2v) is 8.94. The van der Waals surface area contributed by atoms with Crippen molar-refractivity contribution in [3.63, 3.8) is 0 Å². The number of anilines is 1. The fourth-order valence-corrected chi connectivity index (χ4v) is 4.14. The van der Waals surface area contributed by atoms with E-state index in [1.165, 1.54) is 16.7 Å². The van der Waals surface area contributed by atoms with Crippen LogP contribution in [-0.4, -0.2) is 33.5 Å². The van der Waals surface area contributed by atoms with E-state index in [0.29, 0.717) is 17.8 Å². The van der Waals surface area contributed by atoms with E-state index < -0.39 is 11.6 Å². The zero-order valence-corrected chi connectivity index (χ0v) is 17.5. The molecule has 154 valence electrons. The van der Waals surface area contributed by atoms with Gasteiger partial charge < -0.3 is 14.7 Å². The Morgan fingerprint density at radius 2 is 2.03 bits per heavy atom. The van der Waals surface area contributed by atoms with Crippen LogP contribution in [0.4, 0.5) is 5.69 Å². The number of thiazole rings is 1. The summed E-state index contributed by atoms with van der Waals surface area (Å²) in [7, 11) is 0. The maximum atomic E-state index is 12.9. The minimum Gasteiger partial charge on any atom is -0.476 e. The van der Waals surface area contributed by atoms with E-state index in [0.717, 1.165) is 11.3 Å². The summed E-state index contributed by atoms with van der Waals surface area (Å²) < 4.78 is 5.47. The second kappa shape index (κ2) is 8.32. The number of esters is 1. The Balaban J connectivity index is 1.87. The van der Waals surface area contributed by atoms with Gasteiger partial charge in [0.15, 0.2) is 5.69 Å². The van der Waals surface area contributed by atoms with Crippen LogP contribution >= 0.6 is 11.3 Å². The van der Waals surface area contributed by atoms with Gasteiger partial charge in [-0.3, -0.25) is 9.59 Å². The molecular weight excluding hydrogens is 392 g/mol. The van der Waals surface area contributed by atoms with Crippen molar-refractivity contribution in [3.05, 3.63) is 45.9 Å². The Kier molecular flexibility index (Phi) is 6.02. The van der Waals surface area contributed by atoms with Crippen molar-refractivity contribution in [2.24, 2.45) is 0 Å². The molecule has 7 nitrogen and oxygen atoms in total. The molecule has 3 rings (SSSR count). The second-order valence-electron chi connectivity index (χ2n) is 8.00. The van der Waals surface area contributed by atoms with E-state index in [2.05, 4.69) is 4.98 Å². The molecule has 1 aliphatic rings. The maximum Gasteiger partial charge on any atom is 0.355 e. The van der Waals surface area contributed by atoms with Crippen LogP contribution in [0.15, 0.2) is 29.6 Å². The molecule has 1 atom stereocenters. The number of aromatic nitrogens is 1. The van der Waals surface area contributed by atoms with Crippen molar-refractivity contribution in [2.75, 3.05) is 4.90 Å². The number of carbonyl (C=O) groups excluding carboxylic acids is 2. The average molecular weight is 416 g/mol. The van der Waals surface area contributed by atoms with Crippen LogP contribution in [0.5, 0.6) is 0 Å². The molecule has 29 heavy (non-hydrogen) atoms. The molecule has 0 radical (unpaired) electrons. The Morgan fingerprint density at radius 3 is 2.69 bits per heavy atom. The number of nitrogens with zero attached hydrogens (tertiary/aromatic N) is 2. The van der Waals surface area contributed by atoms with Gasteiger partial charge in [-0.2, -0.15) is 0 Å². The SMILES string of the molecule is CC(C)(C)OC(=O)CC1CCC(=O)N(Cc2nc(C(=O)O)cs2)c2ccccc21. The van der Waals surface area contributed by atoms with Crippen molar-refractivity contribution in [1.82, 2.24) is 4.98 Å². The number of ether oxygens (including phenoxy) is 1. The van der Waals surface area contributed by atoms with Gasteiger partial charge in [-0.1, -0.05) is 18.2 Å². The molecule has 8 heteroatoms. The molecule has 0 spiro atoms. The van der Waals surface area contributed by atoms with Gasteiger partial charge in [-0.05, 0) is 44.7 Å². The summed E-state index contributed by atoms with van der Waals surface area (Å²) in [5.41, 5.74) is 1.06. The predicted molar refractivity (Wildman–Crippen MR) is 109 cm³/mol. The molecule has 1 aromatic carbocycles. The molecule has 0 saturated carbocycles. The summed E-state index contributed by atoms with van der Waals surface area (Å²) in [6, 6.07) is 7.52. The van der Waals surface area contributed by atoms with E-state index in [-0.39, 0.29) is 36.5 Å². The van der Waals surface area contributed by atoms with Crippen molar-refractivity contribution in [3.8, 4) is 0 Å². The van der Waals surface area contributed by atoms with Crippen LogP contribution in [0.2, 0.25) is 0 Å². The van der Waals surface area contributed by atoms with Gasteiger partial charge in [-0.15, -0.1) is 11.3 Å². The minimum absolute atomic E-state index is 0.0247. The summed E-state index contributed by atoms with van der Waals surface area (Å²) in [5, 5.41) is 11.1. The van der Waals surface area contributed by atoms with Crippen molar-refractivity contribution < 1.29 is 24.2 Å². The highest BCUT2D eigenvalue weighted by Gasteiger charge is 2.31. The predicted octanol–water partition coefficient (Wildman–Crippen LogP) is 3.98. The molecule has 0 bridgehead atoms. The largest absolute Gasteiger partial charge is 0.476 e. The van der Waals surface area contributed by atoms with Crippen LogP contribution in [-0.2, 0) is 20.9 Å². The highest BCUT2D eigenvalue weighted by Crippen LogP contribution is 2.38. The first-order valence-corrected chi connectivity index (χ1v) is 10.3. The molecule has 2 heterocycles. The smallest absolute Gasteiger partial charge is 0.355 e. The van der Waals surface area contributed by atoms with E-state index in [1.807, 2.05) is 45.0 Å². The highest BCUT2D eigenvalue weighted by molar-refractivity contribution is 7.09. The van der Waals surface area contributed by atoms with Crippen molar-refractivity contribution in [2.45, 2.75) is 58.1 Å². The van der Waals surface area contributed by atoms with Crippen LogP contribution < -0.4 is 4.90 Å². The number of rotatable bonds is 5. The summed E-state index contributed by atoms with van der Waals surface area (Å²) in [5.74, 6) is -1.58. The van der Waals surface area contributed by atoms with Gasteiger partial charge in [0.25, 0.3) is 0 Å². The lowest BCUT2D eigenvalue weighted by Crippen LogP contribution is -2.29. The quantitative estimate of drug-likeness (QED) is 0.741. The van der Waals surface area contributed by atoms with E-state index in [4.69, 9.17) is 9.84 Å². The van der Waals surface area contributed by atoms with Crippen LogP contribution in [0.25, 0.3) is 0 Å². The summed E-state index contributed by atoms with van der Waals surface area (Å²) >= 11 is 1.21. The first kappa shape index (κ1) is 21.0. The molecule has 0 fully saturated rings. The molecule has 1 N–H and O–H groups in total. The average Bonchev–Trinajstić information content (AvgIpc) is 3.06. The van der Waals surface area contributed by atoms with E-state index in [9.17, 15) is 14.4 Å². The molecule has 1 amide bonds. The van der Waals surface area contributed by atoms with Gasteiger partial charge in [0, 0.05) is 17.5 Å². The van der Waals surface area contributed by atoms with Crippen LogP contribution in [0.3, 0.4) is 0 Å². The Morgan fingerprint density at radius 1 is 1.31 bits per heavy atom. The third-order valence-corrected chi connectivity index (χ3v) is 5.41. The standard InChI is InChI=1S/C21H24N2O5S/c1-21(2,3)28-19(25)10-13-8-9-18(24)23(16-7-5-4-6-14(13)16)11-17-22-15(12-29-17)20(26)27/h4-7,12-13H,8-11H2,1-3H3,(H,26,27). The third kappa shape index (κ3) is 5.20. The number of carboxylic acid groups (broad SMARTS) is 1. The molecule has 1 aromatic heterocycles. The van der Waals surface area contributed by atoms with Gasteiger partial charge in [0.1, 0.15) is 10.6 Å². The van der Waals surface area contributed by atoms with E-state index in [1.54, 1.807) is 4.90 Å².